The molecule has 1 atom stereocenters. The Morgan fingerprint density at radius 2 is 1.71 bits per heavy atom. The van der Waals surface area contributed by atoms with Gasteiger partial charge in [0.05, 0.1) is 20.8 Å². The lowest BCUT2D eigenvalue weighted by Crippen LogP contribution is -2.20. The molecule has 0 heterocycles. The Morgan fingerprint density at radius 3 is 2.33 bits per heavy atom. The van der Waals surface area contributed by atoms with Crippen molar-refractivity contribution in [2.24, 2.45) is 0 Å². The minimum Gasteiger partial charge on any atom is -0.484 e. The largest absolute Gasteiger partial charge is 0.484 e. The molecule has 0 fully saturated rings. The molecule has 2 aromatic rings. The van der Waals surface area contributed by atoms with Gasteiger partial charge in [-0.1, -0.05) is 60.8 Å². The highest BCUT2D eigenvalue weighted by molar-refractivity contribution is 6.44. The molecule has 2 aromatic carbocycles. The van der Waals surface area contributed by atoms with Crippen LogP contribution in [0.3, 0.4) is 0 Å². The van der Waals surface area contributed by atoms with E-state index in [9.17, 15) is 4.79 Å². The number of amides is 1. The average Bonchev–Trinajstić information content (AvgIpc) is 2.57. The molecule has 2 rings (SSSR count). The zero-order chi connectivity index (χ0) is 17.7. The Bertz CT molecular complexity index is 717. The third kappa shape index (κ3) is 5.04. The van der Waals surface area contributed by atoms with Gasteiger partial charge in [-0.05, 0) is 42.2 Å². The van der Waals surface area contributed by atoms with Crippen LogP contribution in [-0.2, 0) is 4.79 Å². The third-order valence-electron chi connectivity index (χ3n) is 3.72. The Morgan fingerprint density at radius 1 is 1.08 bits per heavy atom. The van der Waals surface area contributed by atoms with Crippen LogP contribution in [0.1, 0.15) is 31.7 Å². The fourth-order valence-electron chi connectivity index (χ4n) is 2.08. The van der Waals surface area contributed by atoms with E-state index in [0.717, 1.165) is 6.42 Å². The van der Waals surface area contributed by atoms with Crippen molar-refractivity contribution in [3.63, 3.8) is 0 Å². The fraction of sp³-hybridized carbons (Fsp3) is 0.278. The molecule has 24 heavy (non-hydrogen) atoms. The van der Waals surface area contributed by atoms with Crippen molar-refractivity contribution in [2.75, 3.05) is 11.9 Å². The van der Waals surface area contributed by atoms with Gasteiger partial charge in [0.1, 0.15) is 5.75 Å². The molecule has 0 aromatic heterocycles. The van der Waals surface area contributed by atoms with E-state index in [1.54, 1.807) is 0 Å². The molecule has 1 amide bonds. The van der Waals surface area contributed by atoms with E-state index in [0.29, 0.717) is 32.4 Å². The van der Waals surface area contributed by atoms with Crippen LogP contribution >= 0.6 is 34.8 Å². The van der Waals surface area contributed by atoms with Gasteiger partial charge in [-0.3, -0.25) is 4.79 Å². The van der Waals surface area contributed by atoms with E-state index in [2.05, 4.69) is 19.2 Å². The molecule has 0 saturated heterocycles. The van der Waals surface area contributed by atoms with Crippen molar-refractivity contribution in [3.05, 3.63) is 57.0 Å². The topological polar surface area (TPSA) is 38.3 Å². The Labute approximate surface area is 156 Å². The quantitative estimate of drug-likeness (QED) is 0.602. The van der Waals surface area contributed by atoms with Crippen LogP contribution in [0.5, 0.6) is 5.75 Å². The lowest BCUT2D eigenvalue weighted by molar-refractivity contribution is -0.118. The molecule has 0 saturated carbocycles. The molecule has 6 heteroatoms. The van der Waals surface area contributed by atoms with Crippen molar-refractivity contribution in [1.29, 1.82) is 0 Å². The smallest absolute Gasteiger partial charge is 0.262 e. The van der Waals surface area contributed by atoms with E-state index in [-0.39, 0.29) is 12.5 Å². The van der Waals surface area contributed by atoms with Crippen LogP contribution < -0.4 is 10.1 Å². The molecule has 0 aliphatic rings. The van der Waals surface area contributed by atoms with Crippen molar-refractivity contribution in [2.45, 2.75) is 26.2 Å². The van der Waals surface area contributed by atoms with Gasteiger partial charge in [0.2, 0.25) is 0 Å². The van der Waals surface area contributed by atoms with Gasteiger partial charge in [-0.25, -0.2) is 0 Å². The van der Waals surface area contributed by atoms with Crippen molar-refractivity contribution in [3.8, 4) is 5.75 Å². The molecule has 1 N–H and O–H groups in total. The number of hydrogen-bond donors (Lipinski definition) is 1. The Kier molecular flexibility index (Phi) is 6.79. The van der Waals surface area contributed by atoms with Crippen molar-refractivity contribution >= 4 is 46.4 Å². The molecule has 0 aliphatic carbocycles. The second-order valence-corrected chi connectivity index (χ2v) is 6.68. The first kappa shape index (κ1) is 18.9. The zero-order valence-corrected chi connectivity index (χ0v) is 15.7. The van der Waals surface area contributed by atoms with E-state index in [1.807, 2.05) is 24.3 Å². The first-order valence-electron chi connectivity index (χ1n) is 7.57. The maximum Gasteiger partial charge on any atom is 0.262 e. The molecule has 0 aliphatic heterocycles. The summed E-state index contributed by atoms with van der Waals surface area (Å²) in [5, 5.41) is 3.61. The number of ether oxygens (including phenoxy) is 1. The maximum atomic E-state index is 12.0. The number of carbonyl (C=O) groups is 1. The average molecular weight is 387 g/mol. The number of carbonyl (C=O) groups excluding carboxylic acids is 1. The van der Waals surface area contributed by atoms with Crippen LogP contribution in [0.25, 0.3) is 0 Å². The Hall–Kier alpha value is -1.42. The number of rotatable bonds is 6. The van der Waals surface area contributed by atoms with Gasteiger partial charge < -0.3 is 10.1 Å². The standard InChI is InChI=1S/C18H18Cl3NO2/c1-3-11(2)12-4-6-13(7-5-12)24-10-18(23)22-17-9-15(20)14(19)8-16(17)21/h4-9,11H,3,10H2,1-2H3,(H,22,23)/t11-/m0/s1. The lowest BCUT2D eigenvalue weighted by Gasteiger charge is -2.12. The van der Waals surface area contributed by atoms with Crippen LogP contribution in [0.15, 0.2) is 36.4 Å². The summed E-state index contributed by atoms with van der Waals surface area (Å²) in [6, 6.07) is 10.7. The minimum atomic E-state index is -0.332. The lowest BCUT2D eigenvalue weighted by atomic mass is 9.99. The number of hydrogen-bond acceptors (Lipinski definition) is 2. The van der Waals surface area contributed by atoms with E-state index in [4.69, 9.17) is 39.5 Å². The van der Waals surface area contributed by atoms with Gasteiger partial charge >= 0.3 is 0 Å². The summed E-state index contributed by atoms with van der Waals surface area (Å²) >= 11 is 17.8. The summed E-state index contributed by atoms with van der Waals surface area (Å²) in [5.74, 6) is 0.804. The van der Waals surface area contributed by atoms with Gasteiger partial charge in [0, 0.05) is 0 Å². The second kappa shape index (κ2) is 8.61. The second-order valence-electron chi connectivity index (χ2n) is 5.46. The zero-order valence-electron chi connectivity index (χ0n) is 13.4. The summed E-state index contributed by atoms with van der Waals surface area (Å²) < 4.78 is 5.49. The monoisotopic (exact) mass is 385 g/mol. The van der Waals surface area contributed by atoms with Gasteiger partial charge in [0.15, 0.2) is 6.61 Å². The first-order valence-corrected chi connectivity index (χ1v) is 8.71. The summed E-state index contributed by atoms with van der Waals surface area (Å²) in [5.41, 5.74) is 1.64. The van der Waals surface area contributed by atoms with Crippen LogP contribution in [0, 0.1) is 0 Å². The fourth-order valence-corrected chi connectivity index (χ4v) is 2.68. The molecule has 0 radical (unpaired) electrons. The van der Waals surface area contributed by atoms with Gasteiger partial charge in [-0.15, -0.1) is 0 Å². The van der Waals surface area contributed by atoms with Crippen molar-refractivity contribution in [1.82, 2.24) is 0 Å². The SMILES string of the molecule is CC[C@H](C)c1ccc(OCC(=O)Nc2cc(Cl)c(Cl)cc2Cl)cc1. The highest BCUT2D eigenvalue weighted by Crippen LogP contribution is 2.32. The van der Waals surface area contributed by atoms with Crippen LogP contribution in [0.4, 0.5) is 5.69 Å². The molecule has 0 unspecified atom stereocenters. The van der Waals surface area contributed by atoms with Crippen LogP contribution in [0.2, 0.25) is 15.1 Å². The third-order valence-corrected chi connectivity index (χ3v) is 4.75. The van der Waals surface area contributed by atoms with Gasteiger partial charge in [-0.2, -0.15) is 0 Å². The maximum absolute atomic E-state index is 12.0. The predicted octanol–water partition coefficient (Wildman–Crippen LogP) is 6.18. The van der Waals surface area contributed by atoms with Gasteiger partial charge in [0.25, 0.3) is 5.91 Å². The molecule has 128 valence electrons. The highest BCUT2D eigenvalue weighted by atomic mass is 35.5. The Balaban J connectivity index is 1.93. The van der Waals surface area contributed by atoms with Crippen molar-refractivity contribution < 1.29 is 9.53 Å². The highest BCUT2D eigenvalue weighted by Gasteiger charge is 2.10. The molecule has 0 bridgehead atoms. The predicted molar refractivity (Wildman–Crippen MR) is 101 cm³/mol. The summed E-state index contributed by atoms with van der Waals surface area (Å²) in [6.45, 7) is 4.19. The number of halogens is 3. The summed E-state index contributed by atoms with van der Waals surface area (Å²) in [4.78, 5) is 12.0. The number of nitrogens with one attached hydrogen (secondary N) is 1. The number of anilines is 1. The van der Waals surface area contributed by atoms with E-state index < -0.39 is 0 Å². The van der Waals surface area contributed by atoms with E-state index >= 15 is 0 Å². The summed E-state index contributed by atoms with van der Waals surface area (Å²) in [7, 11) is 0. The summed E-state index contributed by atoms with van der Waals surface area (Å²) in [6.07, 6.45) is 1.08. The normalized spacial score (nSPS) is 11.9. The molecular formula is C18H18Cl3NO2. The molecule has 0 spiro atoms. The minimum absolute atomic E-state index is 0.126. The first-order chi connectivity index (χ1) is 11.4. The van der Waals surface area contributed by atoms with E-state index in [1.165, 1.54) is 17.7 Å². The van der Waals surface area contributed by atoms with Crippen LogP contribution in [-0.4, -0.2) is 12.5 Å². The molecule has 3 nitrogen and oxygen atoms in total. The number of benzene rings is 2. The molecular weight excluding hydrogens is 369 g/mol.